The lowest BCUT2D eigenvalue weighted by molar-refractivity contribution is 0.153. The average molecular weight is 238 g/mol. The van der Waals surface area contributed by atoms with E-state index in [-0.39, 0.29) is 6.04 Å². The van der Waals surface area contributed by atoms with Crippen LogP contribution in [0, 0.1) is 0 Å². The molecule has 0 radical (unpaired) electrons. The minimum atomic E-state index is 0.283. The van der Waals surface area contributed by atoms with Gasteiger partial charge in [0.2, 0.25) is 0 Å². The van der Waals surface area contributed by atoms with Crippen molar-refractivity contribution in [2.24, 2.45) is 5.73 Å². The third-order valence-corrected chi connectivity index (χ3v) is 3.23. The Morgan fingerprint density at radius 1 is 1.35 bits per heavy atom. The molecule has 0 saturated heterocycles. The van der Waals surface area contributed by atoms with Crippen molar-refractivity contribution in [2.45, 2.75) is 52.1 Å². The van der Waals surface area contributed by atoms with E-state index >= 15 is 0 Å². The molecule has 0 aliphatic rings. The molecule has 3 heteroatoms. The molecule has 0 amide bonds. The predicted octanol–water partition coefficient (Wildman–Crippen LogP) is 3.18. The summed E-state index contributed by atoms with van der Waals surface area (Å²) in [5.41, 5.74) is 7.12. The topological polar surface area (TPSA) is 42.4 Å². The van der Waals surface area contributed by atoms with Gasteiger partial charge in [-0.15, -0.1) is 0 Å². The van der Waals surface area contributed by atoms with Crippen LogP contribution in [0.1, 0.15) is 51.6 Å². The highest BCUT2D eigenvalue weighted by Gasteiger charge is 2.21. The van der Waals surface area contributed by atoms with Crippen molar-refractivity contribution < 1.29 is 4.42 Å². The van der Waals surface area contributed by atoms with Gasteiger partial charge in [0.1, 0.15) is 0 Å². The SMILES string of the molecule is CCCCCN(C(C)C)C(CN)c1ccoc1. The third kappa shape index (κ3) is 4.17. The number of nitrogens with zero attached hydrogens (tertiary/aromatic N) is 1. The molecule has 1 aromatic heterocycles. The van der Waals surface area contributed by atoms with Gasteiger partial charge in [0, 0.05) is 18.2 Å². The third-order valence-electron chi connectivity index (χ3n) is 3.23. The summed E-state index contributed by atoms with van der Waals surface area (Å²) in [6.07, 6.45) is 7.31. The second-order valence-electron chi connectivity index (χ2n) is 4.85. The first-order chi connectivity index (χ1) is 8.20. The molecular weight excluding hydrogens is 212 g/mol. The van der Waals surface area contributed by atoms with Crippen molar-refractivity contribution in [1.29, 1.82) is 0 Å². The lowest BCUT2D eigenvalue weighted by atomic mass is 10.1. The molecule has 1 rings (SSSR count). The van der Waals surface area contributed by atoms with Crippen LogP contribution in [0.2, 0.25) is 0 Å². The van der Waals surface area contributed by atoms with Gasteiger partial charge in [0.15, 0.2) is 0 Å². The summed E-state index contributed by atoms with van der Waals surface area (Å²) in [6, 6.07) is 2.81. The first-order valence-corrected chi connectivity index (χ1v) is 6.68. The van der Waals surface area contributed by atoms with Crippen LogP contribution >= 0.6 is 0 Å². The molecule has 0 aliphatic heterocycles. The van der Waals surface area contributed by atoms with Gasteiger partial charge in [-0.1, -0.05) is 19.8 Å². The summed E-state index contributed by atoms with van der Waals surface area (Å²) in [5, 5.41) is 0. The smallest absolute Gasteiger partial charge is 0.0950 e. The number of hydrogen-bond acceptors (Lipinski definition) is 3. The summed E-state index contributed by atoms with van der Waals surface area (Å²) in [4.78, 5) is 2.47. The Hall–Kier alpha value is -0.800. The molecule has 0 spiro atoms. The molecule has 0 bridgehead atoms. The quantitative estimate of drug-likeness (QED) is 0.707. The van der Waals surface area contributed by atoms with Crippen LogP contribution in [-0.4, -0.2) is 24.0 Å². The molecule has 0 aliphatic carbocycles. The number of nitrogens with two attached hydrogens (primary N) is 1. The van der Waals surface area contributed by atoms with E-state index in [0.717, 1.165) is 6.54 Å². The van der Waals surface area contributed by atoms with Gasteiger partial charge in [-0.05, 0) is 32.9 Å². The maximum Gasteiger partial charge on any atom is 0.0950 e. The van der Waals surface area contributed by atoms with Gasteiger partial charge in [-0.25, -0.2) is 0 Å². The normalized spacial score (nSPS) is 13.5. The monoisotopic (exact) mass is 238 g/mol. The zero-order valence-corrected chi connectivity index (χ0v) is 11.4. The van der Waals surface area contributed by atoms with E-state index in [1.165, 1.54) is 24.8 Å². The Morgan fingerprint density at radius 2 is 2.12 bits per heavy atom. The molecule has 1 heterocycles. The molecule has 3 nitrogen and oxygen atoms in total. The molecule has 2 N–H and O–H groups in total. The van der Waals surface area contributed by atoms with Crippen molar-refractivity contribution in [2.75, 3.05) is 13.1 Å². The van der Waals surface area contributed by atoms with Crippen molar-refractivity contribution in [3.05, 3.63) is 24.2 Å². The van der Waals surface area contributed by atoms with Gasteiger partial charge in [0.25, 0.3) is 0 Å². The van der Waals surface area contributed by atoms with Gasteiger partial charge < -0.3 is 10.2 Å². The van der Waals surface area contributed by atoms with E-state index in [0.29, 0.717) is 12.6 Å². The Balaban J connectivity index is 2.66. The van der Waals surface area contributed by atoms with E-state index in [1.807, 2.05) is 12.3 Å². The summed E-state index contributed by atoms with van der Waals surface area (Å²) in [7, 11) is 0. The molecule has 0 fully saturated rings. The van der Waals surface area contributed by atoms with Gasteiger partial charge in [-0.3, -0.25) is 4.90 Å². The Morgan fingerprint density at radius 3 is 2.59 bits per heavy atom. The Bertz CT molecular complexity index is 282. The summed E-state index contributed by atoms with van der Waals surface area (Å²) < 4.78 is 5.17. The van der Waals surface area contributed by atoms with Crippen LogP contribution in [-0.2, 0) is 0 Å². The second kappa shape index (κ2) is 7.51. The first kappa shape index (κ1) is 14.3. The standard InChI is InChI=1S/C14H26N2O/c1-4-5-6-8-16(12(2)3)14(10-15)13-7-9-17-11-13/h7,9,11-12,14H,4-6,8,10,15H2,1-3H3. The molecule has 1 atom stereocenters. The van der Waals surface area contributed by atoms with Crippen molar-refractivity contribution in [3.8, 4) is 0 Å². The maximum atomic E-state index is 5.92. The maximum absolute atomic E-state index is 5.92. The fourth-order valence-corrected chi connectivity index (χ4v) is 2.25. The highest BCUT2D eigenvalue weighted by Crippen LogP contribution is 2.23. The van der Waals surface area contributed by atoms with E-state index in [9.17, 15) is 0 Å². The van der Waals surface area contributed by atoms with Crippen LogP contribution in [0.3, 0.4) is 0 Å². The van der Waals surface area contributed by atoms with Crippen LogP contribution in [0.4, 0.5) is 0 Å². The molecule has 0 aromatic carbocycles. The first-order valence-electron chi connectivity index (χ1n) is 6.68. The lowest BCUT2D eigenvalue weighted by Crippen LogP contribution is -2.39. The number of unbranched alkanes of at least 4 members (excludes halogenated alkanes) is 2. The largest absolute Gasteiger partial charge is 0.472 e. The number of hydrogen-bond donors (Lipinski definition) is 1. The summed E-state index contributed by atoms with van der Waals surface area (Å²) in [5.74, 6) is 0. The minimum Gasteiger partial charge on any atom is -0.472 e. The fraction of sp³-hybridized carbons (Fsp3) is 0.714. The fourth-order valence-electron chi connectivity index (χ4n) is 2.25. The van der Waals surface area contributed by atoms with E-state index in [1.54, 1.807) is 6.26 Å². The predicted molar refractivity (Wildman–Crippen MR) is 71.9 cm³/mol. The Kier molecular flexibility index (Phi) is 6.30. The zero-order valence-electron chi connectivity index (χ0n) is 11.4. The van der Waals surface area contributed by atoms with Crippen molar-refractivity contribution >= 4 is 0 Å². The van der Waals surface area contributed by atoms with E-state index in [4.69, 9.17) is 10.2 Å². The van der Waals surface area contributed by atoms with Crippen molar-refractivity contribution in [3.63, 3.8) is 0 Å². The molecule has 0 saturated carbocycles. The van der Waals surface area contributed by atoms with Crippen LogP contribution < -0.4 is 5.73 Å². The van der Waals surface area contributed by atoms with Crippen LogP contribution in [0.5, 0.6) is 0 Å². The van der Waals surface area contributed by atoms with Gasteiger partial charge >= 0.3 is 0 Å². The summed E-state index contributed by atoms with van der Waals surface area (Å²) in [6.45, 7) is 8.45. The lowest BCUT2D eigenvalue weighted by Gasteiger charge is -2.33. The van der Waals surface area contributed by atoms with E-state index in [2.05, 4.69) is 25.7 Å². The van der Waals surface area contributed by atoms with Crippen LogP contribution in [0.15, 0.2) is 23.0 Å². The zero-order chi connectivity index (χ0) is 12.7. The molecule has 1 aromatic rings. The summed E-state index contributed by atoms with van der Waals surface area (Å²) >= 11 is 0. The van der Waals surface area contributed by atoms with Gasteiger partial charge in [-0.2, -0.15) is 0 Å². The molecule has 98 valence electrons. The Labute approximate surface area is 105 Å². The highest BCUT2D eigenvalue weighted by molar-refractivity contribution is 5.12. The minimum absolute atomic E-state index is 0.283. The number of furan rings is 1. The molecular formula is C14H26N2O. The number of rotatable bonds is 8. The van der Waals surface area contributed by atoms with E-state index < -0.39 is 0 Å². The van der Waals surface area contributed by atoms with Crippen LogP contribution in [0.25, 0.3) is 0 Å². The second-order valence-corrected chi connectivity index (χ2v) is 4.85. The molecule has 17 heavy (non-hydrogen) atoms. The average Bonchev–Trinajstić information content (AvgIpc) is 2.81. The molecule has 1 unspecified atom stereocenters. The highest BCUT2D eigenvalue weighted by atomic mass is 16.3. The van der Waals surface area contributed by atoms with Crippen molar-refractivity contribution in [1.82, 2.24) is 4.90 Å². The van der Waals surface area contributed by atoms with Gasteiger partial charge in [0.05, 0.1) is 18.6 Å².